The van der Waals surface area contributed by atoms with Crippen molar-refractivity contribution in [3.05, 3.63) is 65.2 Å². The molecule has 1 atom stereocenters. The average molecular weight is 304 g/mol. The molecule has 3 nitrogen and oxygen atoms in total. The Morgan fingerprint density at radius 1 is 1.24 bits per heavy atom. The first kappa shape index (κ1) is 14.0. The van der Waals surface area contributed by atoms with Crippen LogP contribution in [0.5, 0.6) is 0 Å². The number of nitrogens with two attached hydrogens (primary N) is 1. The van der Waals surface area contributed by atoms with Gasteiger partial charge in [-0.1, -0.05) is 29.8 Å². The summed E-state index contributed by atoms with van der Waals surface area (Å²) >= 11 is 5.79. The quantitative estimate of drug-likeness (QED) is 0.803. The Kier molecular flexibility index (Phi) is 3.90. The lowest BCUT2D eigenvalue weighted by atomic mass is 10.1. The van der Waals surface area contributed by atoms with Gasteiger partial charge in [0.25, 0.3) is 0 Å². The molecule has 1 aromatic heterocycles. The lowest BCUT2D eigenvalue weighted by Gasteiger charge is -2.13. The van der Waals surface area contributed by atoms with Crippen molar-refractivity contribution in [1.29, 1.82) is 0 Å². The Balaban J connectivity index is 1.74. The van der Waals surface area contributed by atoms with Gasteiger partial charge in [0.05, 0.1) is 22.4 Å². The Labute approximate surface area is 127 Å². The van der Waals surface area contributed by atoms with Crippen LogP contribution in [-0.4, -0.2) is 15.6 Å². The van der Waals surface area contributed by atoms with E-state index in [-0.39, 0.29) is 11.1 Å². The highest BCUT2D eigenvalue weighted by atomic mass is 35.5. The van der Waals surface area contributed by atoms with Gasteiger partial charge < -0.3 is 10.3 Å². The van der Waals surface area contributed by atoms with Crippen molar-refractivity contribution in [2.45, 2.75) is 19.0 Å². The van der Waals surface area contributed by atoms with E-state index < -0.39 is 5.82 Å². The highest BCUT2D eigenvalue weighted by Gasteiger charge is 2.09. The van der Waals surface area contributed by atoms with Gasteiger partial charge in [-0.3, -0.25) is 0 Å². The van der Waals surface area contributed by atoms with E-state index in [9.17, 15) is 4.39 Å². The molecule has 3 aromatic rings. The van der Waals surface area contributed by atoms with E-state index in [0.29, 0.717) is 13.0 Å². The summed E-state index contributed by atoms with van der Waals surface area (Å²) in [5.74, 6) is -0.408. The molecule has 3 rings (SSSR count). The minimum Gasteiger partial charge on any atom is -0.329 e. The fourth-order valence-electron chi connectivity index (χ4n) is 2.44. The van der Waals surface area contributed by atoms with Gasteiger partial charge in [-0.15, -0.1) is 0 Å². The van der Waals surface area contributed by atoms with Crippen LogP contribution < -0.4 is 5.73 Å². The number of hydrogen-bond acceptors (Lipinski definition) is 2. The summed E-state index contributed by atoms with van der Waals surface area (Å²) in [7, 11) is 0. The van der Waals surface area contributed by atoms with E-state index in [1.807, 2.05) is 28.8 Å². The molecule has 0 bridgehead atoms. The predicted octanol–water partition coefficient (Wildman–Crippen LogP) is 3.40. The standard InChI is InChI=1S/C16H15ClFN3/c17-13-8-11(5-6-14(13)18)7-12(19)9-21-10-20-15-3-1-2-4-16(15)21/h1-6,8,10,12H,7,9,19H2. The zero-order chi connectivity index (χ0) is 14.8. The minimum absolute atomic E-state index is 0.0934. The fourth-order valence-corrected chi connectivity index (χ4v) is 2.65. The number of benzene rings is 2. The number of halogens is 2. The third kappa shape index (κ3) is 3.06. The normalized spacial score (nSPS) is 12.7. The van der Waals surface area contributed by atoms with Gasteiger partial charge in [0.15, 0.2) is 0 Å². The lowest BCUT2D eigenvalue weighted by Crippen LogP contribution is -2.28. The molecule has 5 heteroatoms. The van der Waals surface area contributed by atoms with Crippen LogP contribution in [0.15, 0.2) is 48.8 Å². The van der Waals surface area contributed by atoms with Crippen LogP contribution in [0.25, 0.3) is 11.0 Å². The first-order valence-corrected chi connectivity index (χ1v) is 7.10. The molecule has 0 amide bonds. The number of fused-ring (bicyclic) bond motifs is 1. The largest absolute Gasteiger partial charge is 0.329 e. The third-order valence-corrected chi connectivity index (χ3v) is 3.73. The van der Waals surface area contributed by atoms with Gasteiger partial charge in [-0.05, 0) is 36.2 Å². The lowest BCUT2D eigenvalue weighted by molar-refractivity contribution is 0.558. The SMILES string of the molecule is NC(Cc1ccc(F)c(Cl)c1)Cn1cnc2ccccc21. The van der Waals surface area contributed by atoms with Crippen molar-refractivity contribution in [3.63, 3.8) is 0 Å². The third-order valence-electron chi connectivity index (χ3n) is 3.44. The van der Waals surface area contributed by atoms with Crippen LogP contribution in [0.4, 0.5) is 4.39 Å². The number of aromatic nitrogens is 2. The molecule has 0 radical (unpaired) electrons. The summed E-state index contributed by atoms with van der Waals surface area (Å²) in [5.41, 5.74) is 9.13. The second-order valence-electron chi connectivity index (χ2n) is 5.10. The molecule has 108 valence electrons. The first-order valence-electron chi connectivity index (χ1n) is 6.73. The van der Waals surface area contributed by atoms with Crippen LogP contribution in [0, 0.1) is 5.82 Å². The summed E-state index contributed by atoms with van der Waals surface area (Å²) < 4.78 is 15.2. The molecule has 0 aliphatic rings. The molecule has 1 heterocycles. The van der Waals surface area contributed by atoms with Crippen LogP contribution in [0.3, 0.4) is 0 Å². The molecular formula is C16H15ClFN3. The number of para-hydroxylation sites is 2. The monoisotopic (exact) mass is 303 g/mol. The number of rotatable bonds is 4. The fraction of sp³-hybridized carbons (Fsp3) is 0.188. The molecule has 0 spiro atoms. The van der Waals surface area contributed by atoms with Gasteiger partial charge in [0.1, 0.15) is 5.82 Å². The van der Waals surface area contributed by atoms with E-state index in [0.717, 1.165) is 16.6 Å². The smallest absolute Gasteiger partial charge is 0.141 e. The van der Waals surface area contributed by atoms with Gasteiger partial charge >= 0.3 is 0 Å². The van der Waals surface area contributed by atoms with E-state index in [2.05, 4.69) is 4.98 Å². The minimum atomic E-state index is -0.408. The summed E-state index contributed by atoms with van der Waals surface area (Å²) in [6.45, 7) is 0.648. The summed E-state index contributed by atoms with van der Waals surface area (Å²) in [6.07, 6.45) is 2.43. The van der Waals surface area contributed by atoms with Crippen molar-refractivity contribution in [3.8, 4) is 0 Å². The molecule has 2 aromatic carbocycles. The number of hydrogen-bond donors (Lipinski definition) is 1. The molecule has 0 aliphatic heterocycles. The molecule has 0 saturated heterocycles. The van der Waals surface area contributed by atoms with Gasteiger partial charge in [0, 0.05) is 12.6 Å². The second kappa shape index (κ2) is 5.84. The number of nitrogens with zero attached hydrogens (tertiary/aromatic N) is 2. The van der Waals surface area contributed by atoms with Crippen molar-refractivity contribution < 1.29 is 4.39 Å². The molecule has 0 saturated carbocycles. The van der Waals surface area contributed by atoms with E-state index in [1.54, 1.807) is 18.5 Å². The van der Waals surface area contributed by atoms with Crippen LogP contribution in [0.2, 0.25) is 5.02 Å². The second-order valence-corrected chi connectivity index (χ2v) is 5.51. The summed E-state index contributed by atoms with van der Waals surface area (Å²) in [6, 6.07) is 12.5. The average Bonchev–Trinajstić information content (AvgIpc) is 2.86. The van der Waals surface area contributed by atoms with Crippen LogP contribution in [-0.2, 0) is 13.0 Å². The molecule has 0 aliphatic carbocycles. The molecule has 0 fully saturated rings. The maximum Gasteiger partial charge on any atom is 0.141 e. The summed E-state index contributed by atoms with van der Waals surface area (Å²) in [4.78, 5) is 4.34. The van der Waals surface area contributed by atoms with Gasteiger partial charge in [-0.25, -0.2) is 9.37 Å². The Morgan fingerprint density at radius 3 is 2.86 bits per heavy atom. The van der Waals surface area contributed by atoms with Gasteiger partial charge in [0.2, 0.25) is 0 Å². The van der Waals surface area contributed by atoms with Crippen molar-refractivity contribution in [2.75, 3.05) is 0 Å². The summed E-state index contributed by atoms with van der Waals surface area (Å²) in [5, 5.41) is 0.132. The zero-order valence-corrected chi connectivity index (χ0v) is 12.1. The predicted molar refractivity (Wildman–Crippen MR) is 82.8 cm³/mol. The Hall–Kier alpha value is -1.91. The number of imidazole rings is 1. The molecule has 2 N–H and O–H groups in total. The molecule has 21 heavy (non-hydrogen) atoms. The highest BCUT2D eigenvalue weighted by Crippen LogP contribution is 2.18. The maximum absolute atomic E-state index is 13.1. The van der Waals surface area contributed by atoms with E-state index >= 15 is 0 Å². The van der Waals surface area contributed by atoms with Crippen LogP contribution in [0.1, 0.15) is 5.56 Å². The van der Waals surface area contributed by atoms with E-state index in [1.165, 1.54) is 6.07 Å². The van der Waals surface area contributed by atoms with Crippen molar-refractivity contribution in [1.82, 2.24) is 9.55 Å². The Morgan fingerprint density at radius 2 is 2.05 bits per heavy atom. The molecular weight excluding hydrogens is 289 g/mol. The maximum atomic E-state index is 13.1. The Bertz CT molecular complexity index is 769. The zero-order valence-electron chi connectivity index (χ0n) is 11.3. The molecule has 1 unspecified atom stereocenters. The van der Waals surface area contributed by atoms with Crippen molar-refractivity contribution >= 4 is 22.6 Å². The van der Waals surface area contributed by atoms with Crippen molar-refractivity contribution in [2.24, 2.45) is 5.73 Å². The van der Waals surface area contributed by atoms with Gasteiger partial charge in [-0.2, -0.15) is 0 Å². The first-order chi connectivity index (χ1) is 10.1. The van der Waals surface area contributed by atoms with Crippen LogP contribution >= 0.6 is 11.6 Å². The van der Waals surface area contributed by atoms with E-state index in [4.69, 9.17) is 17.3 Å². The topological polar surface area (TPSA) is 43.8 Å². The highest BCUT2D eigenvalue weighted by molar-refractivity contribution is 6.30.